The van der Waals surface area contributed by atoms with E-state index in [1.54, 1.807) is 0 Å². The van der Waals surface area contributed by atoms with Crippen LogP contribution in [0.1, 0.15) is 11.4 Å². The summed E-state index contributed by atoms with van der Waals surface area (Å²) < 4.78 is 51.2. The molecule has 8 heteroatoms. The lowest BCUT2D eigenvalue weighted by Crippen LogP contribution is -2.15. The van der Waals surface area contributed by atoms with Gasteiger partial charge < -0.3 is 0 Å². The Balaban J connectivity index is 2.37. The second-order valence-corrected chi connectivity index (χ2v) is 3.95. The molecule has 0 aliphatic heterocycles. The Kier molecular flexibility index (Phi) is 3.20. The third-order valence-electron chi connectivity index (χ3n) is 2.27. The van der Waals surface area contributed by atoms with Gasteiger partial charge in [0, 0.05) is 0 Å². The molecule has 1 heterocycles. The molecule has 0 radical (unpaired) electrons. The van der Waals surface area contributed by atoms with Crippen molar-refractivity contribution >= 4 is 12.2 Å². The second-order valence-electron chi connectivity index (χ2n) is 3.56. The minimum absolute atomic E-state index is 0.121. The molecular weight excluding hydrogens is 270 g/mol. The van der Waals surface area contributed by atoms with Crippen LogP contribution in [0.25, 0.3) is 0 Å². The minimum atomic E-state index is -4.59. The zero-order valence-electron chi connectivity index (χ0n) is 8.83. The van der Waals surface area contributed by atoms with Crippen LogP contribution in [0.4, 0.5) is 17.6 Å². The smallest absolute Gasteiger partial charge is 0.292 e. The van der Waals surface area contributed by atoms with Crippen LogP contribution in [0.5, 0.6) is 0 Å². The molecule has 1 aromatic heterocycles. The van der Waals surface area contributed by atoms with Crippen LogP contribution < -0.4 is 0 Å². The summed E-state index contributed by atoms with van der Waals surface area (Å²) in [6.45, 7) is -0.121. The molecule has 1 N–H and O–H groups in total. The Bertz CT molecular complexity index is 597. The average molecular weight is 277 g/mol. The van der Waals surface area contributed by atoms with Crippen molar-refractivity contribution in [3.63, 3.8) is 0 Å². The lowest BCUT2D eigenvalue weighted by atomic mass is 10.2. The zero-order valence-corrected chi connectivity index (χ0v) is 9.65. The Morgan fingerprint density at radius 2 is 1.83 bits per heavy atom. The summed E-state index contributed by atoms with van der Waals surface area (Å²) >= 11 is 4.74. The van der Waals surface area contributed by atoms with Gasteiger partial charge in [0.05, 0.1) is 6.54 Å². The highest BCUT2D eigenvalue weighted by Gasteiger charge is 2.37. The summed E-state index contributed by atoms with van der Waals surface area (Å²) in [5, 5.41) is 5.24. The van der Waals surface area contributed by atoms with Crippen molar-refractivity contribution in [2.24, 2.45) is 0 Å². The van der Waals surface area contributed by atoms with Crippen LogP contribution in [0.15, 0.2) is 24.3 Å². The van der Waals surface area contributed by atoms with E-state index in [0.29, 0.717) is 5.56 Å². The fourth-order valence-electron chi connectivity index (χ4n) is 1.45. The number of hydrogen-bond donors (Lipinski definition) is 1. The van der Waals surface area contributed by atoms with Crippen LogP contribution in [0.3, 0.4) is 0 Å². The zero-order chi connectivity index (χ0) is 13.3. The number of benzene rings is 1. The molecule has 3 nitrogen and oxygen atoms in total. The molecule has 0 fully saturated rings. The molecule has 0 aliphatic rings. The lowest BCUT2D eigenvalue weighted by Gasteiger charge is -2.09. The van der Waals surface area contributed by atoms with Gasteiger partial charge in [-0.05, 0) is 29.9 Å². The molecule has 0 bridgehead atoms. The van der Waals surface area contributed by atoms with Crippen molar-refractivity contribution in [2.75, 3.05) is 0 Å². The van der Waals surface area contributed by atoms with E-state index in [1.165, 1.54) is 24.3 Å². The summed E-state index contributed by atoms with van der Waals surface area (Å²) in [5.74, 6) is -1.55. The standard InChI is InChI=1S/C10H7F4N3S/c11-7-3-1-6(2-4-7)5-17-8(10(12,13)14)15-16-9(17)18/h1-4H,5H2,(H,16,18). The molecule has 0 atom stereocenters. The molecule has 96 valence electrons. The van der Waals surface area contributed by atoms with Gasteiger partial charge in [-0.2, -0.15) is 13.2 Å². The van der Waals surface area contributed by atoms with Gasteiger partial charge >= 0.3 is 6.18 Å². The van der Waals surface area contributed by atoms with E-state index in [0.717, 1.165) is 4.57 Å². The van der Waals surface area contributed by atoms with Gasteiger partial charge in [-0.1, -0.05) is 12.1 Å². The maximum absolute atomic E-state index is 12.7. The third kappa shape index (κ3) is 2.58. The van der Waals surface area contributed by atoms with Gasteiger partial charge in [-0.15, -0.1) is 5.10 Å². The molecular formula is C10H7F4N3S. The van der Waals surface area contributed by atoms with Gasteiger partial charge in [-0.3, -0.25) is 9.67 Å². The van der Waals surface area contributed by atoms with Crippen molar-refractivity contribution in [3.05, 3.63) is 46.2 Å². The number of nitrogens with zero attached hydrogens (tertiary/aromatic N) is 2. The lowest BCUT2D eigenvalue weighted by molar-refractivity contribution is -0.147. The number of hydrogen-bond acceptors (Lipinski definition) is 2. The summed E-state index contributed by atoms with van der Waals surface area (Å²) in [6.07, 6.45) is -4.59. The molecule has 0 unspecified atom stereocenters. The largest absolute Gasteiger partial charge is 0.451 e. The first-order valence-electron chi connectivity index (χ1n) is 4.85. The Morgan fingerprint density at radius 1 is 1.22 bits per heavy atom. The highest BCUT2D eigenvalue weighted by Crippen LogP contribution is 2.27. The summed E-state index contributed by atoms with van der Waals surface area (Å²) in [4.78, 5) is 0. The quantitative estimate of drug-likeness (QED) is 0.676. The number of H-pyrrole nitrogens is 1. The van der Waals surface area contributed by atoms with Crippen molar-refractivity contribution in [1.82, 2.24) is 14.8 Å². The fourth-order valence-corrected chi connectivity index (χ4v) is 1.65. The average Bonchev–Trinajstić information content (AvgIpc) is 2.63. The van der Waals surface area contributed by atoms with Gasteiger partial charge in [0.1, 0.15) is 5.82 Å². The maximum atomic E-state index is 12.7. The Morgan fingerprint density at radius 3 is 2.39 bits per heavy atom. The highest BCUT2D eigenvalue weighted by atomic mass is 32.1. The topological polar surface area (TPSA) is 33.6 Å². The van der Waals surface area contributed by atoms with E-state index in [9.17, 15) is 17.6 Å². The predicted octanol–water partition coefficient (Wildman–Crippen LogP) is 3.15. The van der Waals surface area contributed by atoms with E-state index in [1.807, 2.05) is 0 Å². The Labute approximate surface area is 104 Å². The molecule has 18 heavy (non-hydrogen) atoms. The summed E-state index contributed by atoms with van der Waals surface area (Å²) in [6, 6.07) is 5.13. The summed E-state index contributed by atoms with van der Waals surface area (Å²) in [7, 11) is 0. The molecule has 0 amide bonds. The molecule has 0 saturated carbocycles. The van der Waals surface area contributed by atoms with Gasteiger partial charge in [0.15, 0.2) is 4.77 Å². The summed E-state index contributed by atoms with van der Waals surface area (Å²) in [5.41, 5.74) is 0.499. The molecule has 2 aromatic rings. The third-order valence-corrected chi connectivity index (χ3v) is 2.58. The van der Waals surface area contributed by atoms with E-state index in [-0.39, 0.29) is 11.3 Å². The number of nitrogens with one attached hydrogen (secondary N) is 1. The first kappa shape index (κ1) is 12.7. The van der Waals surface area contributed by atoms with Crippen molar-refractivity contribution in [2.45, 2.75) is 12.7 Å². The molecule has 0 saturated heterocycles. The van der Waals surface area contributed by atoms with Gasteiger partial charge in [0.25, 0.3) is 0 Å². The Hall–Kier alpha value is -1.70. The normalized spacial score (nSPS) is 11.8. The molecule has 1 aromatic carbocycles. The first-order valence-corrected chi connectivity index (χ1v) is 5.25. The van der Waals surface area contributed by atoms with E-state index < -0.39 is 17.8 Å². The number of aromatic amines is 1. The van der Waals surface area contributed by atoms with E-state index >= 15 is 0 Å². The van der Waals surface area contributed by atoms with E-state index in [4.69, 9.17) is 12.2 Å². The fraction of sp³-hybridized carbons (Fsp3) is 0.200. The SMILES string of the molecule is Fc1ccc(Cn2c(C(F)(F)F)n[nH]c2=S)cc1. The monoisotopic (exact) mass is 277 g/mol. The van der Waals surface area contributed by atoms with Crippen LogP contribution >= 0.6 is 12.2 Å². The van der Waals surface area contributed by atoms with Crippen LogP contribution in [0, 0.1) is 10.6 Å². The van der Waals surface area contributed by atoms with E-state index in [2.05, 4.69) is 10.2 Å². The first-order chi connectivity index (χ1) is 8.38. The number of alkyl halides is 3. The molecule has 0 spiro atoms. The second kappa shape index (κ2) is 4.52. The predicted molar refractivity (Wildman–Crippen MR) is 57.9 cm³/mol. The minimum Gasteiger partial charge on any atom is -0.292 e. The maximum Gasteiger partial charge on any atom is 0.451 e. The number of aromatic nitrogens is 3. The van der Waals surface area contributed by atoms with Crippen molar-refractivity contribution in [3.8, 4) is 0 Å². The van der Waals surface area contributed by atoms with Crippen molar-refractivity contribution in [1.29, 1.82) is 0 Å². The molecule has 2 rings (SSSR count). The van der Waals surface area contributed by atoms with Crippen LogP contribution in [-0.2, 0) is 12.7 Å². The van der Waals surface area contributed by atoms with Crippen LogP contribution in [0.2, 0.25) is 0 Å². The highest BCUT2D eigenvalue weighted by molar-refractivity contribution is 7.71. The van der Waals surface area contributed by atoms with Crippen LogP contribution in [-0.4, -0.2) is 14.8 Å². The van der Waals surface area contributed by atoms with Gasteiger partial charge in [-0.25, -0.2) is 4.39 Å². The molecule has 0 aliphatic carbocycles. The van der Waals surface area contributed by atoms with Crippen molar-refractivity contribution < 1.29 is 17.6 Å². The number of rotatable bonds is 2. The van der Waals surface area contributed by atoms with Gasteiger partial charge in [0.2, 0.25) is 5.82 Å². The number of halogens is 4.